The molecule has 0 aliphatic carbocycles. The van der Waals surface area contributed by atoms with E-state index in [0.29, 0.717) is 130 Å². The van der Waals surface area contributed by atoms with Gasteiger partial charge in [0.05, 0.1) is 43.0 Å². The number of aliphatic carboxylic acids is 2. The van der Waals surface area contributed by atoms with Gasteiger partial charge in [0.25, 0.3) is 0 Å². The SMILES string of the molecule is CCCCNC(=O)CCCCCCCNC(=O)C(Cc1ccccc1)NC(=O)CNC(=O)CCCC(=O)NC1(CN)CNCCNCC(CN)(NC(=O)CCCC(=O)NC(COCNCCCCCCCC(=O)NCCCCC(C=O)N[C@@H](CCC(=O)O)C(=O)O)Cc2ccccc2)CNCCNC1. The van der Waals surface area contributed by atoms with E-state index in [1.54, 1.807) is 0 Å². The first-order valence-corrected chi connectivity index (χ1v) is 37.9. The zero-order chi connectivity index (χ0) is 75.7. The number of amides is 8. The molecule has 0 radical (unpaired) electrons. The summed E-state index contributed by atoms with van der Waals surface area (Å²) < 4.78 is 5.98. The van der Waals surface area contributed by atoms with Gasteiger partial charge in [-0.15, -0.1) is 0 Å². The summed E-state index contributed by atoms with van der Waals surface area (Å²) >= 11 is 0. The van der Waals surface area contributed by atoms with Crippen LogP contribution in [0.2, 0.25) is 0 Å². The molecule has 3 rings (SSSR count). The summed E-state index contributed by atoms with van der Waals surface area (Å²) in [4.78, 5) is 138. The van der Waals surface area contributed by atoms with Crippen molar-refractivity contribution in [2.45, 2.75) is 216 Å². The lowest BCUT2D eigenvalue weighted by Crippen LogP contribution is -2.66. The molecule has 586 valence electrons. The van der Waals surface area contributed by atoms with Gasteiger partial charge in [-0.05, 0) is 94.7 Å². The number of benzene rings is 2. The van der Waals surface area contributed by atoms with Crippen LogP contribution < -0.4 is 85.9 Å². The van der Waals surface area contributed by atoms with E-state index in [4.69, 9.17) is 21.3 Å². The Morgan fingerprint density at radius 3 is 1.47 bits per heavy atom. The van der Waals surface area contributed by atoms with Crippen molar-refractivity contribution in [3.05, 3.63) is 71.8 Å². The molecule has 104 heavy (non-hydrogen) atoms. The first kappa shape index (κ1) is 90.7. The Bertz CT molecular complexity index is 2760. The molecule has 30 nitrogen and oxygen atoms in total. The van der Waals surface area contributed by atoms with E-state index in [-0.39, 0.29) is 119 Å². The quantitative estimate of drug-likeness (QED) is 0.0249. The predicted molar refractivity (Wildman–Crippen MR) is 399 cm³/mol. The number of nitrogens with one attached hydrogen (secondary N) is 14. The predicted octanol–water partition coefficient (Wildman–Crippen LogP) is 0.937. The maximum atomic E-state index is 13.5. The minimum absolute atomic E-state index is 0.00971. The van der Waals surface area contributed by atoms with Gasteiger partial charge in [0, 0.05) is 136 Å². The van der Waals surface area contributed by atoms with Gasteiger partial charge in [0.15, 0.2) is 0 Å². The normalized spacial score (nSPS) is 16.9. The van der Waals surface area contributed by atoms with E-state index >= 15 is 0 Å². The van der Waals surface area contributed by atoms with Gasteiger partial charge >= 0.3 is 11.9 Å². The highest BCUT2D eigenvalue weighted by molar-refractivity contribution is 5.90. The van der Waals surface area contributed by atoms with E-state index in [2.05, 4.69) is 81.4 Å². The number of nitrogens with two attached hydrogens (primary N) is 2. The topological polar surface area (TPSA) is 458 Å². The van der Waals surface area contributed by atoms with Crippen LogP contribution in [0.4, 0.5) is 0 Å². The number of rotatable bonds is 56. The molecule has 0 aromatic heterocycles. The average molecular weight is 1460 g/mol. The molecule has 1 aliphatic rings. The molecular weight excluding hydrogens is 1340 g/mol. The smallest absolute Gasteiger partial charge is 0.320 e. The van der Waals surface area contributed by atoms with Crippen molar-refractivity contribution in [2.24, 2.45) is 11.5 Å². The van der Waals surface area contributed by atoms with Crippen molar-refractivity contribution >= 4 is 65.5 Å². The Balaban J connectivity index is 1.32. The largest absolute Gasteiger partial charge is 0.481 e. The lowest BCUT2D eigenvalue weighted by Gasteiger charge is -2.36. The molecule has 1 saturated heterocycles. The minimum Gasteiger partial charge on any atom is -0.481 e. The minimum atomic E-state index is -1.21. The maximum Gasteiger partial charge on any atom is 0.320 e. The summed E-state index contributed by atoms with van der Waals surface area (Å²) in [6.07, 6.45) is 15.1. The summed E-state index contributed by atoms with van der Waals surface area (Å²) in [5.41, 5.74) is 12.9. The fourth-order valence-corrected chi connectivity index (χ4v) is 11.8. The fraction of sp³-hybridized carbons (Fsp3) is 0.689. The molecule has 4 atom stereocenters. The molecule has 3 unspecified atom stereocenters. The van der Waals surface area contributed by atoms with Crippen LogP contribution in [0.1, 0.15) is 179 Å². The van der Waals surface area contributed by atoms with Crippen LogP contribution in [0.5, 0.6) is 0 Å². The number of carbonyl (C=O) groups is 11. The molecule has 8 amide bonds. The molecule has 1 fully saturated rings. The number of hydrogen-bond acceptors (Lipinski definition) is 20. The lowest BCUT2D eigenvalue weighted by atomic mass is 9.97. The van der Waals surface area contributed by atoms with Gasteiger partial charge in [0.1, 0.15) is 18.4 Å². The van der Waals surface area contributed by atoms with Crippen molar-refractivity contribution < 1.29 is 67.7 Å². The molecule has 0 spiro atoms. The molecule has 30 heteroatoms. The van der Waals surface area contributed by atoms with Gasteiger partial charge in [-0.3, -0.25) is 58.6 Å². The summed E-state index contributed by atoms with van der Waals surface area (Å²) in [5, 5.41) is 61.4. The second-order valence-corrected chi connectivity index (χ2v) is 27.1. The molecule has 2 aromatic carbocycles. The van der Waals surface area contributed by atoms with E-state index in [1.165, 1.54) is 0 Å². The zero-order valence-electron chi connectivity index (χ0n) is 61.7. The Hall–Kier alpha value is -7.55. The van der Waals surface area contributed by atoms with Crippen LogP contribution in [-0.4, -0.2) is 222 Å². The van der Waals surface area contributed by atoms with Crippen molar-refractivity contribution in [3.63, 3.8) is 0 Å². The lowest BCUT2D eigenvalue weighted by molar-refractivity contribution is -0.141. The van der Waals surface area contributed by atoms with Crippen molar-refractivity contribution in [3.8, 4) is 0 Å². The summed E-state index contributed by atoms with van der Waals surface area (Å²) in [5.74, 6) is -4.26. The van der Waals surface area contributed by atoms with Crippen LogP contribution in [0.3, 0.4) is 0 Å². The second kappa shape index (κ2) is 56.8. The fourth-order valence-electron chi connectivity index (χ4n) is 11.8. The molecule has 0 saturated carbocycles. The number of carboxylic acids is 2. The Labute approximate surface area is 615 Å². The summed E-state index contributed by atoms with van der Waals surface area (Å²) in [7, 11) is 0. The monoisotopic (exact) mass is 1460 g/mol. The molecule has 1 heterocycles. The van der Waals surface area contributed by atoms with Crippen LogP contribution in [0.25, 0.3) is 0 Å². The highest BCUT2D eigenvalue weighted by atomic mass is 16.5. The van der Waals surface area contributed by atoms with Gasteiger partial charge in [0.2, 0.25) is 47.3 Å². The zero-order valence-corrected chi connectivity index (χ0v) is 61.7. The Morgan fingerprint density at radius 1 is 0.490 bits per heavy atom. The van der Waals surface area contributed by atoms with Crippen LogP contribution in [-0.2, 0) is 70.3 Å². The third kappa shape index (κ3) is 44.3. The highest BCUT2D eigenvalue weighted by Crippen LogP contribution is 2.12. The van der Waals surface area contributed by atoms with E-state index in [0.717, 1.165) is 94.7 Å². The number of unbranched alkanes of at least 4 members (excludes halogenated alkanes) is 10. The number of aldehydes is 1. The molecule has 1 aliphatic heterocycles. The number of carbonyl (C=O) groups excluding carboxylic acids is 9. The second-order valence-electron chi connectivity index (χ2n) is 27.1. The number of carboxylic acid groups (broad SMARTS) is 2. The van der Waals surface area contributed by atoms with E-state index < -0.39 is 53.0 Å². The molecule has 0 bridgehead atoms. The van der Waals surface area contributed by atoms with Crippen LogP contribution in [0.15, 0.2) is 60.7 Å². The van der Waals surface area contributed by atoms with Crippen LogP contribution >= 0.6 is 0 Å². The highest BCUT2D eigenvalue weighted by Gasteiger charge is 2.33. The molecular formula is C74H126N16O14. The number of hydrogen-bond donors (Lipinski definition) is 18. The summed E-state index contributed by atoms with van der Waals surface area (Å²) in [6.45, 7) is 8.25. The van der Waals surface area contributed by atoms with Crippen molar-refractivity contribution in [1.29, 1.82) is 0 Å². The van der Waals surface area contributed by atoms with Crippen molar-refractivity contribution in [2.75, 3.05) is 112 Å². The number of ether oxygens (including phenoxy) is 1. The standard InChI is InChI=1S/C74H126N16O14/c1-2-3-38-82-63(92)29-17-7-5-9-20-40-84-71(101)62(46-58-26-14-11-15-27-58)88-69(98)47-85-65(94)31-22-33-67(96)89-73(50-75)52-77-41-43-79-54-74(51-76,55-80-44-42-78-53-73)90-68(97)34-23-32-66(95)87-60(45-57-24-12-10-13-25-57)49-104-56-81-37-19-8-4-6-16-30-64(93)83-39-21-18-28-59(48-91)86-61(72(102)103)35-36-70(99)100/h10-15,24-27,48,59-62,77-81,86H,2-9,16-23,28-47,49-56,75-76H2,1H3,(H,82,92)(H,83,93)(H,84,101)(H,85,94)(H,87,95)(H,88,98)(H,89,96)(H,90,97)(H,99,100)(H,102,103)/t59?,60?,61-,62?,73?,74?/m0/s1. The third-order valence-electron chi connectivity index (χ3n) is 17.9. The van der Waals surface area contributed by atoms with Gasteiger partial charge in [-0.25, -0.2) is 0 Å². The average Bonchev–Trinajstić information content (AvgIpc) is 0.872. The molecule has 20 N–H and O–H groups in total. The first-order chi connectivity index (χ1) is 50.3. The third-order valence-corrected chi connectivity index (χ3v) is 17.9. The maximum absolute atomic E-state index is 13.5. The Morgan fingerprint density at radius 2 is 0.952 bits per heavy atom. The van der Waals surface area contributed by atoms with E-state index in [9.17, 15) is 57.8 Å². The van der Waals surface area contributed by atoms with Gasteiger partial charge in [-0.2, -0.15) is 0 Å². The van der Waals surface area contributed by atoms with Gasteiger partial charge in [-0.1, -0.05) is 113 Å². The van der Waals surface area contributed by atoms with Crippen molar-refractivity contribution in [1.82, 2.24) is 74.4 Å². The van der Waals surface area contributed by atoms with E-state index in [1.807, 2.05) is 60.7 Å². The first-order valence-electron chi connectivity index (χ1n) is 37.9. The Kier molecular flexibility index (Phi) is 49.5. The molecule has 2 aromatic rings. The summed E-state index contributed by atoms with van der Waals surface area (Å²) in [6, 6.07) is 16.1. The van der Waals surface area contributed by atoms with Crippen LogP contribution in [0, 0.1) is 0 Å². The van der Waals surface area contributed by atoms with Gasteiger partial charge < -0.3 is 95.0 Å².